The number of benzene rings is 2. The number of nitriles is 1. The molecule has 0 aliphatic carbocycles. The number of aromatic amines is 1. The molecule has 4 aromatic rings. The van der Waals surface area contributed by atoms with Crippen molar-refractivity contribution in [3.63, 3.8) is 0 Å². The molecule has 7 heteroatoms. The SMILES string of the molecule is Cc1cc(-c2ccc(C#N)cn2)ccc1OCc1c(C)cccc1-n1[nH]n(C)c1=O. The molecule has 0 amide bonds. The Bertz CT molecular complexity index is 1300. The number of rotatable bonds is 5. The van der Waals surface area contributed by atoms with Crippen LogP contribution in [0.15, 0.2) is 59.5 Å². The first kappa shape index (κ1) is 19.3. The standard InChI is InChI=1S/C23H21N5O2/c1-15-5-4-6-21(28-23(29)27(3)26-28)19(15)14-30-22-10-8-18(11-16(22)2)20-9-7-17(12-24)13-25-20/h4-11,13,26H,14H2,1-3H3. The molecular weight excluding hydrogens is 378 g/mol. The Morgan fingerprint density at radius 2 is 1.97 bits per heavy atom. The number of hydrogen-bond donors (Lipinski definition) is 1. The van der Waals surface area contributed by atoms with Crippen LogP contribution < -0.4 is 10.4 Å². The maximum absolute atomic E-state index is 12.1. The second kappa shape index (κ2) is 7.76. The van der Waals surface area contributed by atoms with E-state index in [1.54, 1.807) is 19.3 Å². The molecular formula is C23H21N5O2. The van der Waals surface area contributed by atoms with Crippen molar-refractivity contribution in [2.24, 2.45) is 7.05 Å². The van der Waals surface area contributed by atoms with Crippen LogP contribution in [0.3, 0.4) is 0 Å². The molecule has 0 atom stereocenters. The van der Waals surface area contributed by atoms with Crippen LogP contribution in [0, 0.1) is 25.2 Å². The zero-order valence-electron chi connectivity index (χ0n) is 17.0. The van der Waals surface area contributed by atoms with Gasteiger partial charge in [0.2, 0.25) is 0 Å². The number of aromatic nitrogens is 4. The topological polar surface area (TPSA) is 88.6 Å². The highest BCUT2D eigenvalue weighted by Crippen LogP contribution is 2.27. The summed E-state index contributed by atoms with van der Waals surface area (Å²) in [6.45, 7) is 4.33. The second-order valence-electron chi connectivity index (χ2n) is 7.16. The summed E-state index contributed by atoms with van der Waals surface area (Å²) in [6, 6.07) is 17.4. The van der Waals surface area contributed by atoms with Crippen LogP contribution in [0.25, 0.3) is 16.9 Å². The second-order valence-corrected chi connectivity index (χ2v) is 7.16. The lowest BCUT2D eigenvalue weighted by Crippen LogP contribution is -2.40. The molecule has 0 aliphatic heterocycles. The van der Waals surface area contributed by atoms with Crippen LogP contribution >= 0.6 is 0 Å². The van der Waals surface area contributed by atoms with Gasteiger partial charge in [-0.3, -0.25) is 4.98 Å². The van der Waals surface area contributed by atoms with Crippen molar-refractivity contribution in [2.45, 2.75) is 20.5 Å². The average Bonchev–Trinajstić information content (AvgIpc) is 2.77. The van der Waals surface area contributed by atoms with E-state index in [1.807, 2.05) is 56.3 Å². The maximum Gasteiger partial charge on any atom is 0.364 e. The molecule has 0 bridgehead atoms. The van der Waals surface area contributed by atoms with Crippen molar-refractivity contribution >= 4 is 0 Å². The van der Waals surface area contributed by atoms with Crippen molar-refractivity contribution < 1.29 is 4.74 Å². The predicted octanol–water partition coefficient (Wildman–Crippen LogP) is 3.63. The molecule has 2 aromatic carbocycles. The van der Waals surface area contributed by atoms with E-state index in [9.17, 15) is 4.79 Å². The summed E-state index contributed by atoms with van der Waals surface area (Å²) >= 11 is 0. The first-order valence-electron chi connectivity index (χ1n) is 9.50. The summed E-state index contributed by atoms with van der Waals surface area (Å²) in [6.07, 6.45) is 1.57. The first-order chi connectivity index (χ1) is 14.5. The monoisotopic (exact) mass is 399 g/mol. The van der Waals surface area contributed by atoms with Crippen molar-refractivity contribution in [3.8, 4) is 28.8 Å². The van der Waals surface area contributed by atoms with Gasteiger partial charge in [-0.1, -0.05) is 12.1 Å². The maximum atomic E-state index is 12.1. The van der Waals surface area contributed by atoms with Crippen molar-refractivity contribution in [3.05, 3.63) is 87.5 Å². The molecule has 0 saturated heterocycles. The summed E-state index contributed by atoms with van der Waals surface area (Å²) in [5.74, 6) is 0.765. The fraction of sp³-hybridized carbons (Fsp3) is 0.174. The van der Waals surface area contributed by atoms with E-state index in [1.165, 1.54) is 9.36 Å². The Morgan fingerprint density at radius 3 is 2.60 bits per heavy atom. The summed E-state index contributed by atoms with van der Waals surface area (Å²) in [7, 11) is 1.68. The van der Waals surface area contributed by atoms with Gasteiger partial charge in [-0.25, -0.2) is 14.7 Å². The van der Waals surface area contributed by atoms with Crippen molar-refractivity contribution in [1.29, 1.82) is 5.26 Å². The Hall–Kier alpha value is -4.05. The molecule has 0 radical (unpaired) electrons. The minimum Gasteiger partial charge on any atom is -0.489 e. The molecule has 0 fully saturated rings. The number of nitrogens with zero attached hydrogens (tertiary/aromatic N) is 4. The molecule has 30 heavy (non-hydrogen) atoms. The molecule has 0 unspecified atom stereocenters. The zero-order chi connectivity index (χ0) is 21.3. The van der Waals surface area contributed by atoms with Crippen molar-refractivity contribution in [1.82, 2.24) is 19.6 Å². The first-order valence-corrected chi connectivity index (χ1v) is 9.50. The number of pyridine rings is 1. The van der Waals surface area contributed by atoms with E-state index in [2.05, 4.69) is 16.3 Å². The highest BCUT2D eigenvalue weighted by molar-refractivity contribution is 5.62. The van der Waals surface area contributed by atoms with Gasteiger partial charge >= 0.3 is 5.69 Å². The Balaban J connectivity index is 1.57. The molecule has 0 spiro atoms. The lowest BCUT2D eigenvalue weighted by Gasteiger charge is -2.19. The molecule has 1 N–H and O–H groups in total. The van der Waals surface area contributed by atoms with E-state index in [4.69, 9.17) is 10.00 Å². The van der Waals surface area contributed by atoms with Crippen LogP contribution in [0.4, 0.5) is 0 Å². The third kappa shape index (κ3) is 3.51. The third-order valence-corrected chi connectivity index (χ3v) is 5.09. The lowest BCUT2D eigenvalue weighted by molar-refractivity contribution is 0.301. The third-order valence-electron chi connectivity index (χ3n) is 5.09. The van der Waals surface area contributed by atoms with Gasteiger partial charge in [-0.2, -0.15) is 9.94 Å². The number of hydrogen-bond acceptors (Lipinski definition) is 4. The van der Waals surface area contributed by atoms with Gasteiger partial charge in [0.15, 0.2) is 0 Å². The minimum atomic E-state index is -0.114. The van der Waals surface area contributed by atoms with Crippen LogP contribution in [-0.4, -0.2) is 19.6 Å². The predicted molar refractivity (Wildman–Crippen MR) is 114 cm³/mol. The quantitative estimate of drug-likeness (QED) is 0.555. The lowest BCUT2D eigenvalue weighted by atomic mass is 10.1. The van der Waals surface area contributed by atoms with Crippen LogP contribution in [0.1, 0.15) is 22.3 Å². The average molecular weight is 399 g/mol. The highest BCUT2D eigenvalue weighted by atomic mass is 16.5. The summed E-state index contributed by atoms with van der Waals surface area (Å²) in [4.78, 5) is 16.4. The molecule has 7 nitrogen and oxygen atoms in total. The van der Waals surface area contributed by atoms with Crippen LogP contribution in [-0.2, 0) is 13.7 Å². The smallest absolute Gasteiger partial charge is 0.364 e. The van der Waals surface area contributed by atoms with Gasteiger partial charge in [0.05, 0.1) is 16.9 Å². The molecule has 150 valence electrons. The zero-order valence-corrected chi connectivity index (χ0v) is 17.0. The Morgan fingerprint density at radius 1 is 1.13 bits per heavy atom. The normalized spacial score (nSPS) is 10.7. The highest BCUT2D eigenvalue weighted by Gasteiger charge is 2.14. The van der Waals surface area contributed by atoms with E-state index in [-0.39, 0.29) is 5.69 Å². The molecule has 4 rings (SSSR count). The molecule has 2 aromatic heterocycles. The van der Waals surface area contributed by atoms with E-state index in [0.29, 0.717) is 12.2 Å². The van der Waals surface area contributed by atoms with Gasteiger partial charge in [-0.05, 0) is 61.4 Å². The molecule has 0 aliphatic rings. The Kier molecular flexibility index (Phi) is 4.98. The minimum absolute atomic E-state index is 0.114. The summed E-state index contributed by atoms with van der Waals surface area (Å²) in [5, 5.41) is 11.9. The summed E-state index contributed by atoms with van der Waals surface area (Å²) in [5.41, 5.74) is 5.94. The fourth-order valence-corrected chi connectivity index (χ4v) is 3.33. The van der Waals surface area contributed by atoms with Crippen LogP contribution in [0.5, 0.6) is 5.75 Å². The number of nitrogens with one attached hydrogen (secondary N) is 1. The van der Waals surface area contributed by atoms with Gasteiger partial charge in [0.1, 0.15) is 18.4 Å². The number of aryl methyl sites for hydroxylation is 3. The van der Waals surface area contributed by atoms with Crippen molar-refractivity contribution in [2.75, 3.05) is 0 Å². The number of ether oxygens (including phenoxy) is 1. The van der Waals surface area contributed by atoms with E-state index >= 15 is 0 Å². The van der Waals surface area contributed by atoms with Gasteiger partial charge in [-0.15, -0.1) is 0 Å². The van der Waals surface area contributed by atoms with Gasteiger partial charge in [0.25, 0.3) is 0 Å². The largest absolute Gasteiger partial charge is 0.489 e. The fourth-order valence-electron chi connectivity index (χ4n) is 3.33. The van der Waals surface area contributed by atoms with Crippen LogP contribution in [0.2, 0.25) is 0 Å². The van der Waals surface area contributed by atoms with Gasteiger partial charge < -0.3 is 4.74 Å². The van der Waals surface area contributed by atoms with Gasteiger partial charge in [0, 0.05) is 24.4 Å². The van der Waals surface area contributed by atoms with E-state index < -0.39 is 0 Å². The Labute approximate surface area is 173 Å². The summed E-state index contributed by atoms with van der Waals surface area (Å²) < 4.78 is 9.05. The number of H-pyrrole nitrogens is 1. The molecule has 0 saturated carbocycles. The van der Waals surface area contributed by atoms with E-state index in [0.717, 1.165) is 39.4 Å². The molecule has 2 heterocycles.